The summed E-state index contributed by atoms with van der Waals surface area (Å²) in [6.07, 6.45) is -0.282. The van der Waals surface area contributed by atoms with Gasteiger partial charge >= 0.3 is 0 Å². The molecule has 0 amide bonds. The average molecular weight is 409 g/mol. The van der Waals surface area contributed by atoms with Gasteiger partial charge in [-0.05, 0) is 55.8 Å². The third kappa shape index (κ3) is 2.15. The van der Waals surface area contributed by atoms with Crippen LogP contribution >= 0.6 is 0 Å². The molecule has 5 aliphatic rings. The molecule has 2 aromatic carbocycles. The van der Waals surface area contributed by atoms with Crippen molar-refractivity contribution in [2.75, 3.05) is 20.6 Å². The van der Waals surface area contributed by atoms with Crippen LogP contribution in [0.4, 0.5) is 0 Å². The van der Waals surface area contributed by atoms with Crippen LogP contribution in [-0.2, 0) is 16.0 Å². The topological polar surface area (TPSA) is 58.6 Å². The normalized spacial score (nSPS) is 31.7. The Morgan fingerprint density at radius 3 is 2.43 bits per heavy atom. The van der Waals surface area contributed by atoms with Crippen molar-refractivity contribution in [1.82, 2.24) is 4.90 Å². The lowest BCUT2D eigenvalue weighted by molar-refractivity contribution is -0.149. The minimum Gasteiger partial charge on any atom is -0.454 e. The van der Waals surface area contributed by atoms with Crippen molar-refractivity contribution >= 4 is 0 Å². The summed E-state index contributed by atoms with van der Waals surface area (Å²) in [5.74, 6) is 2.71. The Kier molecular flexibility index (Phi) is 3.22. The molecule has 0 aromatic heterocycles. The first-order chi connectivity index (χ1) is 14.5. The molecule has 2 aromatic rings. The monoisotopic (exact) mass is 409 g/mol. The summed E-state index contributed by atoms with van der Waals surface area (Å²) in [5.41, 5.74) is 4.79. The van der Waals surface area contributed by atoms with Crippen molar-refractivity contribution in [1.29, 1.82) is 0 Å². The van der Waals surface area contributed by atoms with Crippen molar-refractivity contribution in [2.24, 2.45) is 0 Å². The minimum absolute atomic E-state index is 0.105. The largest absolute Gasteiger partial charge is 0.454 e. The summed E-state index contributed by atoms with van der Waals surface area (Å²) in [4.78, 5) is 2.38. The maximum atomic E-state index is 6.53. The highest BCUT2D eigenvalue weighted by Gasteiger charge is 2.56. The van der Waals surface area contributed by atoms with E-state index in [-0.39, 0.29) is 37.8 Å². The SMILES string of the molecule is CN1Cc2c(ccc3c2OCO3)[C@H]2[C@H]3OC(C)(C)O[C@H]3c3cc4c(cc3[C@H]21)OCO4. The molecule has 1 aliphatic carbocycles. The van der Waals surface area contributed by atoms with Gasteiger partial charge in [-0.25, -0.2) is 0 Å². The zero-order chi connectivity index (χ0) is 20.2. The van der Waals surface area contributed by atoms with E-state index >= 15 is 0 Å². The Balaban J connectivity index is 1.46. The molecule has 7 rings (SSSR count). The summed E-state index contributed by atoms with van der Waals surface area (Å²) < 4.78 is 35.8. The number of ether oxygens (including phenoxy) is 6. The van der Waals surface area contributed by atoms with Crippen LogP contribution in [-0.4, -0.2) is 37.4 Å². The molecule has 7 nitrogen and oxygen atoms in total. The van der Waals surface area contributed by atoms with Crippen molar-refractivity contribution in [3.05, 3.63) is 46.5 Å². The lowest BCUT2D eigenvalue weighted by Crippen LogP contribution is -2.44. The van der Waals surface area contributed by atoms with Gasteiger partial charge in [0, 0.05) is 24.1 Å². The lowest BCUT2D eigenvalue weighted by Gasteiger charge is -2.47. The second-order valence-electron chi connectivity index (χ2n) is 9.11. The number of hydrogen-bond acceptors (Lipinski definition) is 7. The molecular weight excluding hydrogens is 386 g/mol. The predicted molar refractivity (Wildman–Crippen MR) is 105 cm³/mol. The van der Waals surface area contributed by atoms with Crippen LogP contribution in [0.5, 0.6) is 23.0 Å². The van der Waals surface area contributed by atoms with E-state index in [2.05, 4.69) is 30.1 Å². The van der Waals surface area contributed by atoms with E-state index in [1.54, 1.807) is 0 Å². The van der Waals surface area contributed by atoms with Crippen LogP contribution in [0.2, 0.25) is 0 Å². The third-order valence-electron chi connectivity index (χ3n) is 6.95. The van der Waals surface area contributed by atoms with Gasteiger partial charge in [0.1, 0.15) is 12.2 Å². The number of rotatable bonds is 0. The highest BCUT2D eigenvalue weighted by molar-refractivity contribution is 5.58. The molecule has 30 heavy (non-hydrogen) atoms. The highest BCUT2D eigenvalue weighted by Crippen LogP contribution is 2.60. The van der Waals surface area contributed by atoms with Crippen LogP contribution in [0.1, 0.15) is 54.2 Å². The van der Waals surface area contributed by atoms with Crippen molar-refractivity contribution < 1.29 is 28.4 Å². The van der Waals surface area contributed by atoms with Crippen LogP contribution < -0.4 is 18.9 Å². The molecule has 0 bridgehead atoms. The molecule has 7 heteroatoms. The quantitative estimate of drug-likeness (QED) is 0.659. The number of nitrogens with zero attached hydrogens (tertiary/aromatic N) is 1. The van der Waals surface area contributed by atoms with Gasteiger partial charge in [-0.2, -0.15) is 0 Å². The Morgan fingerprint density at radius 1 is 0.867 bits per heavy atom. The zero-order valence-electron chi connectivity index (χ0n) is 17.1. The third-order valence-corrected chi connectivity index (χ3v) is 6.95. The van der Waals surface area contributed by atoms with Crippen LogP contribution in [0, 0.1) is 0 Å². The fourth-order valence-electron chi connectivity index (χ4n) is 5.87. The van der Waals surface area contributed by atoms with Gasteiger partial charge < -0.3 is 28.4 Å². The van der Waals surface area contributed by atoms with E-state index in [1.165, 1.54) is 16.7 Å². The lowest BCUT2D eigenvalue weighted by atomic mass is 9.69. The Bertz CT molecular complexity index is 1080. The van der Waals surface area contributed by atoms with Crippen LogP contribution in [0.15, 0.2) is 24.3 Å². The van der Waals surface area contributed by atoms with Gasteiger partial charge in [-0.3, -0.25) is 4.90 Å². The fourth-order valence-corrected chi connectivity index (χ4v) is 5.87. The standard InChI is InChI=1S/C23H23NO6/c1-23(2)29-21-13-7-17-16(26-9-27-17)6-12(13)19-18(22(21)30-23)11-4-5-15-20(28-10-25-15)14(11)8-24(19)3/h4-7,18-19,21-22H,8-10H2,1-3H3/t18-,19-,21+,22-/m1/s1. The zero-order valence-corrected chi connectivity index (χ0v) is 17.1. The molecule has 0 saturated carbocycles. The van der Waals surface area contributed by atoms with E-state index in [4.69, 9.17) is 28.4 Å². The van der Waals surface area contributed by atoms with Gasteiger partial charge in [0.05, 0.1) is 0 Å². The molecule has 1 saturated heterocycles. The van der Waals surface area contributed by atoms with E-state index in [9.17, 15) is 0 Å². The van der Waals surface area contributed by atoms with E-state index < -0.39 is 5.79 Å². The second kappa shape index (κ2) is 5.60. The van der Waals surface area contributed by atoms with Crippen molar-refractivity contribution in [2.45, 2.75) is 50.3 Å². The molecule has 4 aliphatic heterocycles. The van der Waals surface area contributed by atoms with Gasteiger partial charge in [-0.15, -0.1) is 0 Å². The molecular formula is C23H23NO6. The van der Waals surface area contributed by atoms with Crippen LogP contribution in [0.3, 0.4) is 0 Å². The molecule has 0 radical (unpaired) electrons. The fraction of sp³-hybridized carbons (Fsp3) is 0.478. The van der Waals surface area contributed by atoms with Crippen molar-refractivity contribution in [3.8, 4) is 23.0 Å². The van der Waals surface area contributed by atoms with Crippen LogP contribution in [0.25, 0.3) is 0 Å². The second-order valence-corrected chi connectivity index (χ2v) is 9.11. The first-order valence-corrected chi connectivity index (χ1v) is 10.4. The smallest absolute Gasteiger partial charge is 0.231 e. The minimum atomic E-state index is -0.662. The molecule has 4 atom stereocenters. The van der Waals surface area contributed by atoms with E-state index in [0.29, 0.717) is 0 Å². The summed E-state index contributed by atoms with van der Waals surface area (Å²) in [5, 5.41) is 0. The van der Waals surface area contributed by atoms with E-state index in [0.717, 1.165) is 35.1 Å². The number of benzene rings is 2. The van der Waals surface area contributed by atoms with Gasteiger partial charge in [0.2, 0.25) is 13.6 Å². The summed E-state index contributed by atoms with van der Waals surface area (Å²) in [6.45, 7) is 5.28. The maximum Gasteiger partial charge on any atom is 0.231 e. The summed E-state index contributed by atoms with van der Waals surface area (Å²) in [7, 11) is 2.16. The number of hydrogen-bond donors (Lipinski definition) is 0. The first kappa shape index (κ1) is 17.2. The Morgan fingerprint density at radius 2 is 1.60 bits per heavy atom. The van der Waals surface area contributed by atoms with Gasteiger partial charge in [-0.1, -0.05) is 6.07 Å². The molecule has 4 heterocycles. The molecule has 0 unspecified atom stereocenters. The van der Waals surface area contributed by atoms with Crippen molar-refractivity contribution in [3.63, 3.8) is 0 Å². The highest BCUT2D eigenvalue weighted by atomic mass is 16.8. The molecule has 0 spiro atoms. The summed E-state index contributed by atoms with van der Waals surface area (Å²) in [6, 6.07) is 8.56. The average Bonchev–Trinajstić information content (AvgIpc) is 3.42. The number of likely N-dealkylation sites (N-methyl/N-ethyl adjacent to an activating group) is 1. The van der Waals surface area contributed by atoms with Gasteiger partial charge in [0.15, 0.2) is 28.8 Å². The van der Waals surface area contributed by atoms with E-state index in [1.807, 2.05) is 19.9 Å². The number of fused-ring (bicyclic) bond motifs is 11. The Hall–Kier alpha value is -2.48. The summed E-state index contributed by atoms with van der Waals surface area (Å²) >= 11 is 0. The molecule has 0 N–H and O–H groups in total. The predicted octanol–water partition coefficient (Wildman–Crippen LogP) is 3.62. The Labute approximate surface area is 174 Å². The maximum absolute atomic E-state index is 6.53. The molecule has 1 fully saturated rings. The first-order valence-electron chi connectivity index (χ1n) is 10.4. The van der Waals surface area contributed by atoms with Gasteiger partial charge in [0.25, 0.3) is 0 Å². The molecule has 156 valence electrons.